The van der Waals surface area contributed by atoms with E-state index in [1.807, 2.05) is 37.5 Å². The van der Waals surface area contributed by atoms with Crippen molar-refractivity contribution in [2.45, 2.75) is 6.54 Å². The molecule has 0 unspecified atom stereocenters. The Hall–Kier alpha value is -4.99. The average molecular weight is 482 g/mol. The van der Waals surface area contributed by atoms with Crippen molar-refractivity contribution in [3.63, 3.8) is 0 Å². The van der Waals surface area contributed by atoms with Crippen molar-refractivity contribution < 1.29 is 9.59 Å². The molecular formula is C26H23N7O3. The SMILES string of the molecule is Cn1cnc(Cn2cccc(C(=O)NC/C=C/c3ccc4c(c3)NC(=O)/C4=C/c3cnc[nH]3)c2=O)c1. The van der Waals surface area contributed by atoms with E-state index in [1.54, 1.807) is 47.8 Å². The van der Waals surface area contributed by atoms with Crippen molar-refractivity contribution >= 4 is 35.2 Å². The van der Waals surface area contributed by atoms with Crippen molar-refractivity contribution in [1.29, 1.82) is 0 Å². The summed E-state index contributed by atoms with van der Waals surface area (Å²) in [5, 5.41) is 5.62. The lowest BCUT2D eigenvalue weighted by Gasteiger charge is -2.07. The molecule has 3 aromatic heterocycles. The summed E-state index contributed by atoms with van der Waals surface area (Å²) in [7, 11) is 1.85. The number of nitrogens with one attached hydrogen (secondary N) is 3. The zero-order valence-corrected chi connectivity index (χ0v) is 19.4. The molecule has 0 fully saturated rings. The number of aromatic nitrogens is 5. The summed E-state index contributed by atoms with van der Waals surface area (Å²) in [6.07, 6.45) is 13.7. The van der Waals surface area contributed by atoms with Gasteiger partial charge in [0, 0.05) is 37.2 Å². The molecule has 4 aromatic rings. The van der Waals surface area contributed by atoms with Crippen LogP contribution in [0.2, 0.25) is 0 Å². The lowest BCUT2D eigenvalue weighted by atomic mass is 10.0. The Morgan fingerprint density at radius 2 is 2.11 bits per heavy atom. The van der Waals surface area contributed by atoms with Gasteiger partial charge in [0.1, 0.15) is 5.56 Å². The number of carbonyl (C=O) groups is 2. The maximum atomic E-state index is 12.7. The maximum Gasteiger partial charge on any atom is 0.263 e. The number of hydrogen-bond acceptors (Lipinski definition) is 5. The largest absolute Gasteiger partial charge is 0.348 e. The second-order valence-electron chi connectivity index (χ2n) is 8.32. The van der Waals surface area contributed by atoms with Gasteiger partial charge in [-0.2, -0.15) is 0 Å². The minimum atomic E-state index is -0.449. The van der Waals surface area contributed by atoms with Gasteiger partial charge in [0.2, 0.25) is 0 Å². The van der Waals surface area contributed by atoms with Crippen LogP contribution >= 0.6 is 0 Å². The summed E-state index contributed by atoms with van der Waals surface area (Å²) in [4.78, 5) is 48.9. The molecule has 3 N–H and O–H groups in total. The third kappa shape index (κ3) is 4.78. The Labute approximate surface area is 206 Å². The Kier molecular flexibility index (Phi) is 6.14. The van der Waals surface area contributed by atoms with Crippen LogP contribution in [0.5, 0.6) is 0 Å². The van der Waals surface area contributed by atoms with Gasteiger partial charge in [0.25, 0.3) is 17.4 Å². The smallest absolute Gasteiger partial charge is 0.263 e. The van der Waals surface area contributed by atoms with E-state index in [0.717, 1.165) is 28.2 Å². The molecule has 1 aromatic carbocycles. The van der Waals surface area contributed by atoms with Crippen LogP contribution in [0.4, 0.5) is 5.69 Å². The highest BCUT2D eigenvalue weighted by molar-refractivity contribution is 6.34. The van der Waals surface area contributed by atoms with Crippen molar-refractivity contribution in [2.75, 3.05) is 11.9 Å². The lowest BCUT2D eigenvalue weighted by Crippen LogP contribution is -2.33. The first-order valence-corrected chi connectivity index (χ1v) is 11.2. The van der Waals surface area contributed by atoms with E-state index in [0.29, 0.717) is 5.57 Å². The van der Waals surface area contributed by atoms with E-state index in [2.05, 4.69) is 25.6 Å². The second kappa shape index (κ2) is 9.71. The summed E-state index contributed by atoms with van der Waals surface area (Å²) >= 11 is 0. The van der Waals surface area contributed by atoms with E-state index in [1.165, 1.54) is 10.6 Å². The van der Waals surface area contributed by atoms with Crippen molar-refractivity contribution in [3.8, 4) is 0 Å². The predicted octanol–water partition coefficient (Wildman–Crippen LogP) is 2.29. The monoisotopic (exact) mass is 481 g/mol. The number of hydrogen-bond donors (Lipinski definition) is 3. The topological polar surface area (TPSA) is 127 Å². The fraction of sp³-hybridized carbons (Fsp3) is 0.115. The summed E-state index contributed by atoms with van der Waals surface area (Å²) in [6.45, 7) is 0.524. The molecule has 0 aliphatic carbocycles. The number of nitrogens with zero attached hydrogens (tertiary/aromatic N) is 4. The lowest BCUT2D eigenvalue weighted by molar-refractivity contribution is -0.110. The first-order chi connectivity index (χ1) is 17.5. The minimum absolute atomic E-state index is 0.0682. The molecule has 0 radical (unpaired) electrons. The summed E-state index contributed by atoms with van der Waals surface area (Å²) < 4.78 is 3.26. The van der Waals surface area contributed by atoms with Crippen LogP contribution in [0.3, 0.4) is 0 Å². The average Bonchev–Trinajstić information content (AvgIpc) is 3.59. The molecule has 4 heterocycles. The number of aromatic amines is 1. The minimum Gasteiger partial charge on any atom is -0.348 e. The third-order valence-electron chi connectivity index (χ3n) is 5.69. The van der Waals surface area contributed by atoms with Gasteiger partial charge in [-0.05, 0) is 29.8 Å². The molecule has 5 rings (SSSR count). The standard InChI is InChI=1S/C26H23N7O3/c1-32-13-19(30-16-32)14-33-9-3-5-21(26(33)36)24(34)28-8-2-4-17-6-7-20-22(11-18-12-27-15-29-18)25(35)31-23(20)10-17/h2-7,9-13,15-16H,8,14H2,1H3,(H,27,29)(H,28,34)(H,31,35)/b4-2+,22-11+. The van der Waals surface area contributed by atoms with Gasteiger partial charge in [-0.1, -0.05) is 24.3 Å². The van der Waals surface area contributed by atoms with E-state index >= 15 is 0 Å². The van der Waals surface area contributed by atoms with Gasteiger partial charge >= 0.3 is 0 Å². The number of rotatable bonds is 7. The van der Waals surface area contributed by atoms with Crippen LogP contribution in [-0.4, -0.2) is 42.4 Å². The van der Waals surface area contributed by atoms with Gasteiger partial charge in [-0.15, -0.1) is 0 Å². The Morgan fingerprint density at radius 3 is 2.89 bits per heavy atom. The number of H-pyrrole nitrogens is 1. The number of imidazole rings is 2. The van der Waals surface area contributed by atoms with Crippen LogP contribution in [0, 0.1) is 0 Å². The van der Waals surface area contributed by atoms with E-state index in [-0.39, 0.29) is 30.1 Å². The summed E-state index contributed by atoms with van der Waals surface area (Å²) in [5.74, 6) is -0.626. The number of carbonyl (C=O) groups excluding carboxylic acids is 2. The van der Waals surface area contributed by atoms with E-state index in [9.17, 15) is 14.4 Å². The number of anilines is 1. The van der Waals surface area contributed by atoms with Crippen molar-refractivity contribution in [3.05, 3.63) is 106 Å². The van der Waals surface area contributed by atoms with Crippen LogP contribution in [0.15, 0.2) is 72.4 Å². The van der Waals surface area contributed by atoms with Gasteiger partial charge in [0.15, 0.2) is 0 Å². The van der Waals surface area contributed by atoms with Gasteiger partial charge in [0.05, 0.1) is 42.4 Å². The van der Waals surface area contributed by atoms with E-state index < -0.39 is 5.91 Å². The van der Waals surface area contributed by atoms with Crippen molar-refractivity contribution in [1.82, 2.24) is 29.4 Å². The number of fused-ring (bicyclic) bond motifs is 1. The van der Waals surface area contributed by atoms with E-state index in [4.69, 9.17) is 0 Å². The molecule has 2 amide bonds. The molecule has 0 saturated heterocycles. The first-order valence-electron chi connectivity index (χ1n) is 11.2. The van der Waals surface area contributed by atoms with Gasteiger partial charge < -0.3 is 24.8 Å². The van der Waals surface area contributed by atoms with Gasteiger partial charge in [-0.25, -0.2) is 9.97 Å². The quantitative estimate of drug-likeness (QED) is 0.349. The molecule has 0 spiro atoms. The highest BCUT2D eigenvalue weighted by Gasteiger charge is 2.24. The summed E-state index contributed by atoms with van der Waals surface area (Å²) in [6, 6.07) is 8.82. The number of pyridine rings is 1. The maximum absolute atomic E-state index is 12.7. The molecule has 0 saturated carbocycles. The third-order valence-corrected chi connectivity index (χ3v) is 5.69. The fourth-order valence-corrected chi connectivity index (χ4v) is 3.96. The molecular weight excluding hydrogens is 458 g/mol. The highest BCUT2D eigenvalue weighted by Crippen LogP contribution is 2.33. The highest BCUT2D eigenvalue weighted by atomic mass is 16.2. The van der Waals surface area contributed by atoms with Crippen LogP contribution in [0.25, 0.3) is 17.7 Å². The Morgan fingerprint density at radius 1 is 1.22 bits per heavy atom. The van der Waals surface area contributed by atoms with Crippen LogP contribution in [0.1, 0.15) is 32.9 Å². The Balaban J connectivity index is 1.22. The molecule has 180 valence electrons. The number of amides is 2. The van der Waals surface area contributed by atoms with Crippen LogP contribution in [-0.2, 0) is 18.4 Å². The molecule has 10 nitrogen and oxygen atoms in total. The normalized spacial score (nSPS) is 13.8. The number of benzene rings is 1. The molecule has 36 heavy (non-hydrogen) atoms. The predicted molar refractivity (Wildman–Crippen MR) is 136 cm³/mol. The molecule has 1 aliphatic heterocycles. The zero-order valence-electron chi connectivity index (χ0n) is 19.4. The van der Waals surface area contributed by atoms with Crippen molar-refractivity contribution in [2.24, 2.45) is 7.05 Å². The molecule has 10 heteroatoms. The Bertz CT molecular complexity index is 1560. The van der Waals surface area contributed by atoms with Crippen LogP contribution < -0.4 is 16.2 Å². The fourth-order valence-electron chi connectivity index (χ4n) is 3.96. The number of aryl methyl sites for hydroxylation is 1. The molecule has 0 atom stereocenters. The van der Waals surface area contributed by atoms with Gasteiger partial charge in [-0.3, -0.25) is 14.4 Å². The second-order valence-corrected chi connectivity index (χ2v) is 8.32. The zero-order chi connectivity index (χ0) is 25.1. The molecule has 1 aliphatic rings. The molecule has 0 bridgehead atoms. The first kappa shape index (κ1) is 22.8. The summed E-state index contributed by atoms with van der Waals surface area (Å²) in [5.41, 5.74) is 4.12.